The average molecular weight is 345 g/mol. The summed E-state index contributed by atoms with van der Waals surface area (Å²) in [4.78, 5) is -0.254. The molecule has 1 saturated carbocycles. The second-order valence-electron chi connectivity index (χ2n) is 6.71. The topological polar surface area (TPSA) is 55.8 Å². The third-order valence-electron chi connectivity index (χ3n) is 5.10. The van der Waals surface area contributed by atoms with E-state index in [0.29, 0.717) is 6.54 Å². The van der Waals surface area contributed by atoms with E-state index in [4.69, 9.17) is 0 Å². The summed E-state index contributed by atoms with van der Waals surface area (Å²) in [6.45, 7) is 2.30. The van der Waals surface area contributed by atoms with Gasteiger partial charge in [0.25, 0.3) is 0 Å². The summed E-state index contributed by atoms with van der Waals surface area (Å²) in [5, 5.41) is 0. The molecular weight excluding hydrogens is 328 g/mol. The first-order chi connectivity index (χ1) is 10.7. The highest BCUT2D eigenvalue weighted by Crippen LogP contribution is 2.53. The minimum absolute atomic E-state index is 0.0612. The van der Waals surface area contributed by atoms with Gasteiger partial charge in [0.1, 0.15) is 4.90 Å². The van der Waals surface area contributed by atoms with E-state index in [1.54, 1.807) is 0 Å². The van der Waals surface area contributed by atoms with Crippen LogP contribution in [0.1, 0.15) is 32.6 Å². The highest BCUT2D eigenvalue weighted by molar-refractivity contribution is 7.89. The van der Waals surface area contributed by atoms with Gasteiger partial charge in [0, 0.05) is 12.6 Å². The zero-order chi connectivity index (χ0) is 16.5. The molecule has 2 aliphatic heterocycles. The van der Waals surface area contributed by atoms with Crippen molar-refractivity contribution >= 4 is 10.0 Å². The Labute approximate surface area is 133 Å². The second kappa shape index (κ2) is 4.57. The van der Waals surface area contributed by atoms with Crippen LogP contribution in [0.2, 0.25) is 0 Å². The number of benzene rings is 1. The highest BCUT2D eigenvalue weighted by atomic mass is 32.2. The van der Waals surface area contributed by atoms with Gasteiger partial charge in [0.05, 0.1) is 0 Å². The van der Waals surface area contributed by atoms with Crippen LogP contribution in [-0.4, -0.2) is 31.6 Å². The van der Waals surface area contributed by atoms with Gasteiger partial charge in [-0.1, -0.05) is 12.5 Å². The Bertz CT molecular complexity index is 761. The summed E-state index contributed by atoms with van der Waals surface area (Å²) >= 11 is 0. The number of rotatable bonds is 2. The van der Waals surface area contributed by atoms with Gasteiger partial charge < -0.3 is 9.47 Å². The minimum atomic E-state index is -3.92. The maximum Gasteiger partial charge on any atom is 0.586 e. The van der Waals surface area contributed by atoms with E-state index in [9.17, 15) is 17.2 Å². The minimum Gasteiger partial charge on any atom is -0.395 e. The predicted octanol–water partition coefficient (Wildman–Crippen LogP) is 2.96. The molecule has 1 aromatic carbocycles. The normalized spacial score (nSPS) is 28.0. The fourth-order valence-electron chi connectivity index (χ4n) is 3.91. The van der Waals surface area contributed by atoms with Crippen molar-refractivity contribution in [2.45, 2.75) is 49.8 Å². The van der Waals surface area contributed by atoms with Crippen LogP contribution in [0, 0.1) is 5.41 Å². The number of sulfonamides is 1. The van der Waals surface area contributed by atoms with Crippen LogP contribution in [0.15, 0.2) is 23.1 Å². The summed E-state index contributed by atoms with van der Waals surface area (Å²) in [6, 6.07) is 3.79. The lowest BCUT2D eigenvalue weighted by Gasteiger charge is -2.38. The van der Waals surface area contributed by atoms with Crippen molar-refractivity contribution in [1.29, 1.82) is 0 Å². The Morgan fingerprint density at radius 3 is 2.61 bits per heavy atom. The molecule has 1 spiro atoms. The summed E-state index contributed by atoms with van der Waals surface area (Å²) in [6.07, 6.45) is 0.140. The first-order valence-electron chi connectivity index (χ1n) is 7.63. The highest BCUT2D eigenvalue weighted by Gasteiger charge is 2.52. The van der Waals surface area contributed by atoms with Gasteiger partial charge in [-0.25, -0.2) is 8.42 Å². The van der Waals surface area contributed by atoms with Crippen LogP contribution >= 0.6 is 0 Å². The molecule has 1 saturated heterocycles. The molecule has 8 heteroatoms. The van der Waals surface area contributed by atoms with Crippen molar-refractivity contribution in [3.05, 3.63) is 18.2 Å². The number of hydrogen-bond acceptors (Lipinski definition) is 4. The van der Waals surface area contributed by atoms with E-state index in [1.807, 2.05) is 6.92 Å². The van der Waals surface area contributed by atoms with Crippen LogP contribution in [0.3, 0.4) is 0 Å². The summed E-state index contributed by atoms with van der Waals surface area (Å²) in [5.74, 6) is -0.652. The Balaban J connectivity index is 1.72. The Morgan fingerprint density at radius 1 is 1.26 bits per heavy atom. The van der Waals surface area contributed by atoms with Gasteiger partial charge in [-0.2, -0.15) is 4.31 Å². The fraction of sp³-hybridized carbons (Fsp3) is 0.600. The molecule has 126 valence electrons. The van der Waals surface area contributed by atoms with Gasteiger partial charge in [0.15, 0.2) is 11.5 Å². The molecule has 3 aliphatic rings. The van der Waals surface area contributed by atoms with E-state index in [0.717, 1.165) is 25.7 Å². The van der Waals surface area contributed by atoms with Crippen molar-refractivity contribution in [3.8, 4) is 11.5 Å². The Kier molecular flexibility index (Phi) is 3.01. The lowest BCUT2D eigenvalue weighted by molar-refractivity contribution is -0.287. The van der Waals surface area contributed by atoms with Gasteiger partial charge in [-0.05, 0) is 43.7 Å². The number of fused-ring (bicyclic) bond motifs is 1. The molecule has 2 heterocycles. The van der Waals surface area contributed by atoms with Crippen LogP contribution in [0.4, 0.5) is 8.78 Å². The third kappa shape index (κ3) is 2.22. The first-order valence-corrected chi connectivity index (χ1v) is 9.07. The molecule has 0 radical (unpaired) electrons. The molecular formula is C15H17F2NO4S. The smallest absolute Gasteiger partial charge is 0.395 e. The zero-order valence-corrected chi connectivity index (χ0v) is 13.4. The fourth-order valence-corrected chi connectivity index (χ4v) is 5.79. The predicted molar refractivity (Wildman–Crippen MR) is 76.9 cm³/mol. The summed E-state index contributed by atoms with van der Waals surface area (Å²) in [7, 11) is -3.92. The molecule has 1 unspecified atom stereocenters. The maximum atomic E-state index is 13.3. The molecule has 1 atom stereocenters. The number of nitrogens with zero attached hydrogens (tertiary/aromatic N) is 1. The van der Waals surface area contributed by atoms with Crippen molar-refractivity contribution in [2.75, 3.05) is 6.54 Å². The molecule has 0 amide bonds. The monoisotopic (exact) mass is 345 g/mol. The lowest BCUT2D eigenvalue weighted by Crippen LogP contribution is -2.37. The van der Waals surface area contributed by atoms with Gasteiger partial charge in [-0.15, -0.1) is 8.78 Å². The van der Waals surface area contributed by atoms with Crippen LogP contribution in [0.25, 0.3) is 0 Å². The number of ether oxygens (including phenoxy) is 2. The molecule has 5 nitrogen and oxygen atoms in total. The number of halogens is 2. The van der Waals surface area contributed by atoms with Crippen molar-refractivity contribution < 1.29 is 26.7 Å². The van der Waals surface area contributed by atoms with E-state index in [2.05, 4.69) is 9.47 Å². The standard InChI is InChI=1S/C15H17F2NO4S/c1-10-8-14(6-3-7-14)9-18(10)23(19,20)12-5-2-4-11-13(12)22-15(16,17)21-11/h2,4-5,10H,3,6-9H2,1H3. The molecule has 1 aliphatic carbocycles. The van der Waals surface area contributed by atoms with E-state index in [-0.39, 0.29) is 22.1 Å². The molecule has 0 N–H and O–H groups in total. The van der Waals surface area contributed by atoms with Gasteiger partial charge >= 0.3 is 6.29 Å². The Hall–Kier alpha value is -1.41. The molecule has 0 aromatic heterocycles. The maximum absolute atomic E-state index is 13.3. The molecule has 1 aromatic rings. The lowest BCUT2D eigenvalue weighted by atomic mass is 9.68. The number of hydrogen-bond donors (Lipinski definition) is 0. The SMILES string of the molecule is CC1CC2(CCC2)CN1S(=O)(=O)c1cccc2c1OC(F)(F)O2. The van der Waals surface area contributed by atoms with E-state index < -0.39 is 22.1 Å². The van der Waals surface area contributed by atoms with Crippen LogP contribution < -0.4 is 9.47 Å². The molecule has 2 fully saturated rings. The number of para-hydroxylation sites is 1. The van der Waals surface area contributed by atoms with Gasteiger partial charge in [-0.3, -0.25) is 0 Å². The second-order valence-corrected chi connectivity index (χ2v) is 8.57. The van der Waals surface area contributed by atoms with Crippen molar-refractivity contribution in [2.24, 2.45) is 5.41 Å². The average Bonchev–Trinajstić information content (AvgIpc) is 2.93. The number of alkyl halides is 2. The largest absolute Gasteiger partial charge is 0.586 e. The quantitative estimate of drug-likeness (QED) is 0.827. The first kappa shape index (κ1) is 15.1. The van der Waals surface area contributed by atoms with Crippen LogP contribution in [-0.2, 0) is 10.0 Å². The molecule has 4 rings (SSSR count). The van der Waals surface area contributed by atoms with E-state index >= 15 is 0 Å². The summed E-state index contributed by atoms with van der Waals surface area (Å²) in [5.41, 5.74) is 0.0612. The van der Waals surface area contributed by atoms with Gasteiger partial charge in [0.2, 0.25) is 10.0 Å². The van der Waals surface area contributed by atoms with Crippen molar-refractivity contribution in [1.82, 2.24) is 4.31 Å². The van der Waals surface area contributed by atoms with E-state index in [1.165, 1.54) is 22.5 Å². The Morgan fingerprint density at radius 2 is 2.00 bits per heavy atom. The van der Waals surface area contributed by atoms with Crippen LogP contribution in [0.5, 0.6) is 11.5 Å². The molecule has 23 heavy (non-hydrogen) atoms. The molecule has 0 bridgehead atoms. The third-order valence-corrected chi connectivity index (χ3v) is 7.09. The van der Waals surface area contributed by atoms with Crippen molar-refractivity contribution in [3.63, 3.8) is 0 Å². The summed E-state index contributed by atoms with van der Waals surface area (Å²) < 4.78 is 62.8. The zero-order valence-electron chi connectivity index (χ0n) is 12.6.